The number of hydrogen-bond acceptors (Lipinski definition) is 4. The van der Waals surface area contributed by atoms with E-state index in [1.54, 1.807) is 12.1 Å². The molecule has 0 aliphatic rings. The molecule has 24 heavy (non-hydrogen) atoms. The number of hydrogen-bond donors (Lipinski definition) is 2. The molecule has 0 amide bonds. The number of aromatic amines is 1. The van der Waals surface area contributed by atoms with Crippen molar-refractivity contribution in [1.29, 1.82) is 0 Å². The van der Waals surface area contributed by atoms with Crippen molar-refractivity contribution in [3.05, 3.63) is 58.6 Å². The Hall–Kier alpha value is -2.54. The van der Waals surface area contributed by atoms with E-state index >= 15 is 0 Å². The Morgan fingerprint density at radius 1 is 1.12 bits per heavy atom. The van der Waals surface area contributed by atoms with E-state index in [0.717, 1.165) is 19.3 Å². The Morgan fingerprint density at radius 3 is 2.58 bits per heavy atom. The third-order valence-electron chi connectivity index (χ3n) is 3.73. The van der Waals surface area contributed by atoms with Crippen molar-refractivity contribution in [2.24, 2.45) is 0 Å². The number of anilines is 1. The molecule has 0 aliphatic carbocycles. The van der Waals surface area contributed by atoms with Gasteiger partial charge in [0.15, 0.2) is 5.58 Å². The Labute approximate surface area is 139 Å². The summed E-state index contributed by atoms with van der Waals surface area (Å²) in [5, 5.41) is 0. The molecule has 0 radical (unpaired) electrons. The van der Waals surface area contributed by atoms with Gasteiger partial charge in [0.05, 0.1) is 10.4 Å². The van der Waals surface area contributed by atoms with Gasteiger partial charge in [-0.1, -0.05) is 25.5 Å². The lowest BCUT2D eigenvalue weighted by Crippen LogP contribution is -2.12. The fourth-order valence-electron chi connectivity index (χ4n) is 2.43. The Bertz CT molecular complexity index is 1000. The smallest absolute Gasteiger partial charge is 0.408 e. The van der Waals surface area contributed by atoms with E-state index in [1.165, 1.54) is 23.8 Å². The lowest BCUT2D eigenvalue weighted by atomic mass is 10.1. The summed E-state index contributed by atoms with van der Waals surface area (Å²) in [4.78, 5) is 13.7. The number of unbranched alkanes of at least 4 members (excludes halogenated alkanes) is 1. The first-order chi connectivity index (χ1) is 11.5. The molecule has 6 nitrogen and oxygen atoms in total. The second kappa shape index (κ2) is 6.52. The quantitative estimate of drug-likeness (QED) is 0.716. The van der Waals surface area contributed by atoms with Crippen LogP contribution >= 0.6 is 0 Å². The van der Waals surface area contributed by atoms with Gasteiger partial charge in [0.2, 0.25) is 0 Å². The molecule has 3 aromatic rings. The summed E-state index contributed by atoms with van der Waals surface area (Å²) in [6.45, 7) is 2.13. The maximum Gasteiger partial charge on any atom is 0.417 e. The number of aryl methyl sites for hydroxylation is 1. The van der Waals surface area contributed by atoms with Crippen molar-refractivity contribution < 1.29 is 12.8 Å². The van der Waals surface area contributed by atoms with Gasteiger partial charge in [-0.25, -0.2) is 13.2 Å². The van der Waals surface area contributed by atoms with Crippen LogP contribution in [0, 0.1) is 0 Å². The van der Waals surface area contributed by atoms with Gasteiger partial charge in [0.1, 0.15) is 0 Å². The highest BCUT2D eigenvalue weighted by Crippen LogP contribution is 2.20. The summed E-state index contributed by atoms with van der Waals surface area (Å²) in [5.74, 6) is -0.616. The summed E-state index contributed by atoms with van der Waals surface area (Å²) in [5.41, 5.74) is 2.33. The van der Waals surface area contributed by atoms with E-state index in [1.807, 2.05) is 12.1 Å². The van der Waals surface area contributed by atoms with Gasteiger partial charge in [-0.3, -0.25) is 9.71 Å². The fraction of sp³-hybridized carbons (Fsp3) is 0.235. The summed E-state index contributed by atoms with van der Waals surface area (Å²) in [7, 11) is -3.75. The van der Waals surface area contributed by atoms with Crippen LogP contribution in [0.4, 0.5) is 5.69 Å². The van der Waals surface area contributed by atoms with Crippen LogP contribution in [0.2, 0.25) is 0 Å². The van der Waals surface area contributed by atoms with E-state index in [2.05, 4.69) is 16.6 Å². The second-order valence-corrected chi connectivity index (χ2v) is 7.26. The van der Waals surface area contributed by atoms with Crippen molar-refractivity contribution in [3.8, 4) is 0 Å². The van der Waals surface area contributed by atoms with Gasteiger partial charge in [0, 0.05) is 11.8 Å². The van der Waals surface area contributed by atoms with Gasteiger partial charge in [-0.2, -0.15) is 0 Å². The monoisotopic (exact) mass is 346 g/mol. The van der Waals surface area contributed by atoms with Crippen LogP contribution in [0.15, 0.2) is 56.6 Å². The van der Waals surface area contributed by atoms with Crippen LogP contribution in [0.5, 0.6) is 0 Å². The van der Waals surface area contributed by atoms with E-state index < -0.39 is 15.8 Å². The highest BCUT2D eigenvalue weighted by atomic mass is 32.2. The van der Waals surface area contributed by atoms with Gasteiger partial charge in [0.25, 0.3) is 10.0 Å². The molecule has 3 rings (SSSR count). The van der Waals surface area contributed by atoms with Crippen molar-refractivity contribution in [2.45, 2.75) is 31.1 Å². The van der Waals surface area contributed by atoms with Crippen molar-refractivity contribution in [3.63, 3.8) is 0 Å². The van der Waals surface area contributed by atoms with E-state index in [4.69, 9.17) is 4.42 Å². The minimum Gasteiger partial charge on any atom is -0.408 e. The number of sulfonamides is 1. The van der Waals surface area contributed by atoms with Crippen molar-refractivity contribution >= 4 is 26.8 Å². The van der Waals surface area contributed by atoms with Crippen molar-refractivity contribution in [2.75, 3.05) is 4.72 Å². The average Bonchev–Trinajstić information content (AvgIpc) is 2.93. The zero-order valence-electron chi connectivity index (χ0n) is 13.2. The minimum atomic E-state index is -3.75. The third-order valence-corrected chi connectivity index (χ3v) is 5.11. The molecule has 0 unspecified atom stereocenters. The van der Waals surface area contributed by atoms with Gasteiger partial charge in [-0.05, 0) is 42.7 Å². The molecular weight excluding hydrogens is 328 g/mol. The zero-order valence-corrected chi connectivity index (χ0v) is 14.0. The van der Waals surface area contributed by atoms with Gasteiger partial charge >= 0.3 is 5.76 Å². The fourth-order valence-corrected chi connectivity index (χ4v) is 3.50. The van der Waals surface area contributed by atoms with Gasteiger partial charge in [-0.15, -0.1) is 0 Å². The summed E-state index contributed by atoms with van der Waals surface area (Å²) in [6.07, 6.45) is 3.20. The van der Waals surface area contributed by atoms with Crippen LogP contribution in [0.3, 0.4) is 0 Å². The lowest BCUT2D eigenvalue weighted by molar-refractivity contribution is 0.554. The van der Waals surface area contributed by atoms with Crippen LogP contribution in [0.25, 0.3) is 11.1 Å². The maximum absolute atomic E-state index is 12.5. The molecule has 1 heterocycles. The number of rotatable bonds is 6. The second-order valence-electron chi connectivity index (χ2n) is 5.58. The topological polar surface area (TPSA) is 92.2 Å². The number of nitrogens with one attached hydrogen (secondary N) is 2. The predicted molar refractivity (Wildman–Crippen MR) is 92.7 cm³/mol. The molecule has 2 aromatic carbocycles. The molecule has 1 aromatic heterocycles. The minimum absolute atomic E-state index is 0.0350. The van der Waals surface area contributed by atoms with Crippen LogP contribution in [-0.4, -0.2) is 13.4 Å². The molecule has 7 heteroatoms. The first-order valence-corrected chi connectivity index (χ1v) is 9.21. The summed E-state index contributed by atoms with van der Waals surface area (Å²) >= 11 is 0. The van der Waals surface area contributed by atoms with Gasteiger partial charge < -0.3 is 4.42 Å². The van der Waals surface area contributed by atoms with E-state index in [9.17, 15) is 13.2 Å². The number of fused-ring (bicyclic) bond motifs is 1. The Balaban J connectivity index is 1.82. The molecule has 0 saturated carbocycles. The lowest BCUT2D eigenvalue weighted by Gasteiger charge is -2.09. The van der Waals surface area contributed by atoms with E-state index in [0.29, 0.717) is 11.2 Å². The molecule has 0 saturated heterocycles. The SMILES string of the molecule is CCCCc1ccc(NS(=O)(=O)c2ccc3[nH]c(=O)oc3c2)cc1. The first kappa shape index (κ1) is 16.3. The molecule has 0 aliphatic heterocycles. The Morgan fingerprint density at radius 2 is 1.88 bits per heavy atom. The molecular formula is C17H18N2O4S. The van der Waals surface area contributed by atoms with Crippen molar-refractivity contribution in [1.82, 2.24) is 4.98 Å². The largest absolute Gasteiger partial charge is 0.417 e. The average molecular weight is 346 g/mol. The van der Waals surface area contributed by atoms with Crippen LogP contribution in [0.1, 0.15) is 25.3 Å². The van der Waals surface area contributed by atoms with Crippen LogP contribution in [-0.2, 0) is 16.4 Å². The predicted octanol–water partition coefficient (Wildman–Crippen LogP) is 3.26. The molecule has 0 atom stereocenters. The Kier molecular flexibility index (Phi) is 4.44. The molecule has 0 fully saturated rings. The molecule has 0 spiro atoms. The zero-order chi connectivity index (χ0) is 17.2. The normalized spacial score (nSPS) is 11.7. The van der Waals surface area contributed by atoms with E-state index in [-0.39, 0.29) is 10.5 Å². The number of aromatic nitrogens is 1. The number of oxazole rings is 1. The summed E-state index contributed by atoms with van der Waals surface area (Å²) in [6, 6.07) is 11.6. The highest BCUT2D eigenvalue weighted by molar-refractivity contribution is 7.92. The number of benzene rings is 2. The first-order valence-electron chi connectivity index (χ1n) is 7.72. The maximum atomic E-state index is 12.5. The van der Waals surface area contributed by atoms with Crippen LogP contribution < -0.4 is 10.5 Å². The standard InChI is InChI=1S/C17H18N2O4S/c1-2-3-4-12-5-7-13(8-6-12)19-24(21,22)14-9-10-15-16(11-14)23-17(20)18-15/h5-11,19H,2-4H2,1H3,(H,18,20). The highest BCUT2D eigenvalue weighted by Gasteiger charge is 2.16. The third kappa shape index (κ3) is 3.51. The molecule has 0 bridgehead atoms. The summed E-state index contributed by atoms with van der Waals surface area (Å²) < 4.78 is 32.4. The number of H-pyrrole nitrogens is 1. The molecule has 2 N–H and O–H groups in total. The molecule has 126 valence electrons.